The van der Waals surface area contributed by atoms with Gasteiger partial charge in [-0.1, -0.05) is 0 Å². The molecular weight excluding hydrogens is 275 g/mol. The quantitative estimate of drug-likeness (QED) is 0.532. The molecule has 21 heavy (non-hydrogen) atoms. The molecule has 5 nitrogen and oxygen atoms in total. The van der Waals surface area contributed by atoms with Gasteiger partial charge in [0.2, 0.25) is 0 Å². The second kappa shape index (κ2) is 7.42. The highest BCUT2D eigenvalue weighted by atomic mass is 19.1. The van der Waals surface area contributed by atoms with E-state index in [0.29, 0.717) is 24.3 Å². The Kier molecular flexibility index (Phi) is 5.90. The van der Waals surface area contributed by atoms with Crippen LogP contribution in [0.25, 0.3) is 0 Å². The van der Waals surface area contributed by atoms with E-state index in [2.05, 4.69) is 0 Å². The van der Waals surface area contributed by atoms with Crippen LogP contribution in [0.4, 0.5) is 4.39 Å². The minimum atomic E-state index is -1.14. The summed E-state index contributed by atoms with van der Waals surface area (Å²) < 4.78 is 18.8. The van der Waals surface area contributed by atoms with Gasteiger partial charge >= 0.3 is 5.97 Å². The Morgan fingerprint density at radius 1 is 1.43 bits per heavy atom. The van der Waals surface area contributed by atoms with Crippen LogP contribution in [0, 0.1) is 11.2 Å². The van der Waals surface area contributed by atoms with Gasteiger partial charge in [-0.2, -0.15) is 0 Å². The fourth-order valence-corrected chi connectivity index (χ4v) is 1.86. The molecule has 0 saturated carbocycles. The van der Waals surface area contributed by atoms with Gasteiger partial charge in [-0.05, 0) is 50.5 Å². The van der Waals surface area contributed by atoms with Crippen LogP contribution in [0.1, 0.15) is 37.0 Å². The van der Waals surface area contributed by atoms with Gasteiger partial charge in [0.1, 0.15) is 0 Å². The zero-order valence-corrected chi connectivity index (χ0v) is 12.1. The van der Waals surface area contributed by atoms with Gasteiger partial charge in [0, 0.05) is 11.4 Å². The number of hydrogen-bond acceptors (Lipinski definition) is 4. The molecule has 4 N–H and O–H groups in total. The first kappa shape index (κ1) is 16.7. The van der Waals surface area contributed by atoms with Crippen LogP contribution in [-0.4, -0.2) is 23.4 Å². The van der Waals surface area contributed by atoms with Crippen molar-refractivity contribution in [2.24, 2.45) is 5.73 Å². The lowest BCUT2D eigenvalue weighted by Crippen LogP contribution is -2.08. The van der Waals surface area contributed by atoms with Gasteiger partial charge in [0.05, 0.1) is 12.2 Å². The number of rotatable bonds is 7. The van der Waals surface area contributed by atoms with Crippen LogP contribution < -0.4 is 10.5 Å². The van der Waals surface area contributed by atoms with E-state index < -0.39 is 11.8 Å². The summed E-state index contributed by atoms with van der Waals surface area (Å²) in [5.74, 6) is -1.83. The Morgan fingerprint density at radius 2 is 2.10 bits per heavy atom. The topological polar surface area (TPSA) is 96.4 Å². The normalized spacial score (nSPS) is 11.8. The summed E-state index contributed by atoms with van der Waals surface area (Å²) in [6, 6.07) is 3.40. The molecule has 0 heterocycles. The van der Waals surface area contributed by atoms with Crippen molar-refractivity contribution in [1.82, 2.24) is 0 Å². The Labute approximate surface area is 122 Å². The maximum atomic E-state index is 13.5. The molecule has 6 heteroatoms. The number of halogens is 1. The zero-order valence-electron chi connectivity index (χ0n) is 12.1. The number of carbonyl (C=O) groups is 1. The monoisotopic (exact) mass is 294 g/mol. The van der Waals surface area contributed by atoms with Crippen molar-refractivity contribution in [3.63, 3.8) is 0 Å². The summed E-state index contributed by atoms with van der Waals surface area (Å²) in [6.45, 7) is 3.59. The van der Waals surface area contributed by atoms with Crippen LogP contribution in [-0.2, 0) is 0 Å². The molecule has 0 saturated heterocycles. The van der Waals surface area contributed by atoms with Crippen molar-refractivity contribution >= 4 is 11.7 Å². The molecule has 0 bridgehead atoms. The predicted octanol–water partition coefficient (Wildman–Crippen LogP) is 2.96. The SMILES string of the molecule is CC(=N)/C(CCCOc1cc(C(=O)O)ccc1F)=C(/C)N. The molecule has 0 unspecified atom stereocenters. The highest BCUT2D eigenvalue weighted by molar-refractivity contribution is 5.96. The predicted molar refractivity (Wildman–Crippen MR) is 78.4 cm³/mol. The minimum absolute atomic E-state index is 0.0277. The number of ether oxygens (including phenoxy) is 1. The fraction of sp³-hybridized carbons (Fsp3) is 0.333. The van der Waals surface area contributed by atoms with E-state index in [4.69, 9.17) is 21.0 Å². The average Bonchev–Trinajstić information content (AvgIpc) is 2.39. The van der Waals surface area contributed by atoms with Gasteiger partial charge in [-0.3, -0.25) is 0 Å². The van der Waals surface area contributed by atoms with Gasteiger partial charge in [-0.25, -0.2) is 9.18 Å². The number of benzene rings is 1. The third kappa shape index (κ3) is 4.91. The van der Waals surface area contributed by atoms with Gasteiger partial charge in [0.25, 0.3) is 0 Å². The molecule has 1 aromatic rings. The molecule has 0 spiro atoms. The number of carboxylic acid groups (broad SMARTS) is 1. The van der Waals surface area contributed by atoms with Crippen molar-refractivity contribution in [3.8, 4) is 5.75 Å². The lowest BCUT2D eigenvalue weighted by molar-refractivity contribution is 0.0696. The molecule has 0 aliphatic rings. The number of carboxylic acids is 1. The summed E-state index contributed by atoms with van der Waals surface area (Å²) in [5.41, 5.74) is 7.38. The van der Waals surface area contributed by atoms with E-state index in [9.17, 15) is 9.18 Å². The van der Waals surface area contributed by atoms with E-state index >= 15 is 0 Å². The molecule has 114 valence electrons. The molecule has 0 aromatic heterocycles. The van der Waals surface area contributed by atoms with Crippen LogP contribution in [0.3, 0.4) is 0 Å². The lowest BCUT2D eigenvalue weighted by atomic mass is 10.0. The van der Waals surface area contributed by atoms with E-state index in [1.807, 2.05) is 0 Å². The molecule has 0 aliphatic heterocycles. The number of aromatic carboxylic acids is 1. The first-order valence-corrected chi connectivity index (χ1v) is 6.49. The van der Waals surface area contributed by atoms with Gasteiger partial charge in [0.15, 0.2) is 11.6 Å². The molecular formula is C15H19FN2O3. The molecule has 0 atom stereocenters. The third-order valence-corrected chi connectivity index (χ3v) is 2.94. The summed E-state index contributed by atoms with van der Waals surface area (Å²) >= 11 is 0. The molecule has 0 radical (unpaired) electrons. The maximum Gasteiger partial charge on any atom is 0.335 e. The average molecular weight is 294 g/mol. The van der Waals surface area contributed by atoms with Crippen molar-refractivity contribution < 1.29 is 19.0 Å². The van der Waals surface area contributed by atoms with Crippen molar-refractivity contribution in [2.45, 2.75) is 26.7 Å². The smallest absolute Gasteiger partial charge is 0.335 e. The molecule has 0 fully saturated rings. The molecule has 0 aliphatic carbocycles. The van der Waals surface area contributed by atoms with Crippen molar-refractivity contribution in [3.05, 3.63) is 40.8 Å². The Hall–Kier alpha value is -2.37. The first-order chi connectivity index (χ1) is 9.82. The van der Waals surface area contributed by atoms with Crippen molar-refractivity contribution in [2.75, 3.05) is 6.61 Å². The Morgan fingerprint density at radius 3 is 2.62 bits per heavy atom. The van der Waals surface area contributed by atoms with E-state index in [1.165, 1.54) is 6.07 Å². The third-order valence-electron chi connectivity index (χ3n) is 2.94. The highest BCUT2D eigenvalue weighted by Gasteiger charge is 2.10. The van der Waals surface area contributed by atoms with E-state index in [-0.39, 0.29) is 17.9 Å². The van der Waals surface area contributed by atoms with Crippen LogP contribution >= 0.6 is 0 Å². The summed E-state index contributed by atoms with van der Waals surface area (Å²) in [7, 11) is 0. The molecule has 1 aromatic carbocycles. The number of hydrogen-bond donors (Lipinski definition) is 3. The van der Waals surface area contributed by atoms with Gasteiger partial charge in [-0.15, -0.1) is 0 Å². The Balaban J connectivity index is 2.61. The van der Waals surface area contributed by atoms with Crippen LogP contribution in [0.5, 0.6) is 5.75 Å². The number of allylic oxidation sites excluding steroid dienone is 2. The first-order valence-electron chi connectivity index (χ1n) is 6.49. The lowest BCUT2D eigenvalue weighted by Gasteiger charge is -2.10. The van der Waals surface area contributed by atoms with Crippen molar-refractivity contribution in [1.29, 1.82) is 5.41 Å². The summed E-state index contributed by atoms with van der Waals surface area (Å²) in [6.07, 6.45) is 1.11. The minimum Gasteiger partial charge on any atom is -0.490 e. The maximum absolute atomic E-state index is 13.5. The zero-order chi connectivity index (χ0) is 16.0. The Bertz CT molecular complexity index is 578. The summed E-state index contributed by atoms with van der Waals surface area (Å²) in [4.78, 5) is 10.8. The second-order valence-corrected chi connectivity index (χ2v) is 4.69. The van der Waals surface area contributed by atoms with Crippen LogP contribution in [0.15, 0.2) is 29.5 Å². The fourth-order valence-electron chi connectivity index (χ4n) is 1.86. The van der Waals surface area contributed by atoms with Crippen LogP contribution in [0.2, 0.25) is 0 Å². The highest BCUT2D eigenvalue weighted by Crippen LogP contribution is 2.20. The molecule has 0 amide bonds. The van der Waals surface area contributed by atoms with E-state index in [0.717, 1.165) is 17.7 Å². The largest absolute Gasteiger partial charge is 0.490 e. The van der Waals surface area contributed by atoms with Gasteiger partial charge < -0.3 is 21.0 Å². The number of nitrogens with one attached hydrogen (secondary N) is 1. The standard InChI is InChI=1S/C15H19FN2O3/c1-9(17)12(10(2)18)4-3-7-21-14-8-11(15(19)20)5-6-13(14)16/h5-6,8,17H,3-4,7,18H2,1-2H3,(H,19,20)/b12-10-,17-9?. The summed E-state index contributed by atoms with van der Waals surface area (Å²) in [5, 5.41) is 16.4. The molecule has 1 rings (SSSR count). The second-order valence-electron chi connectivity index (χ2n) is 4.69. The number of nitrogens with two attached hydrogens (primary N) is 1. The van der Waals surface area contributed by atoms with E-state index in [1.54, 1.807) is 13.8 Å².